The number of benzene rings is 1. The molecule has 0 aliphatic heterocycles. The van der Waals surface area contributed by atoms with Gasteiger partial charge in [0.2, 0.25) is 5.91 Å². The first-order chi connectivity index (χ1) is 8.52. The third-order valence-corrected chi connectivity index (χ3v) is 2.45. The van der Waals surface area contributed by atoms with E-state index in [0.29, 0.717) is 12.2 Å². The second-order valence-corrected chi connectivity index (χ2v) is 4.20. The molecule has 0 spiro atoms. The van der Waals surface area contributed by atoms with E-state index in [1.807, 2.05) is 12.1 Å². The first kappa shape index (κ1) is 14.3. The molecule has 0 unspecified atom stereocenters. The highest BCUT2D eigenvalue weighted by molar-refractivity contribution is 6.29. The molecule has 1 aromatic carbocycles. The summed E-state index contributed by atoms with van der Waals surface area (Å²) in [6, 6.07) is 7.05. The lowest BCUT2D eigenvalue weighted by atomic mass is 10.2. The molecular formula is C12H16ClN3O2. The quantitative estimate of drug-likeness (QED) is 0.816. The topological polar surface area (TPSA) is 61.4 Å². The van der Waals surface area contributed by atoms with Crippen molar-refractivity contribution in [2.45, 2.75) is 6.54 Å². The van der Waals surface area contributed by atoms with E-state index < -0.39 is 0 Å². The van der Waals surface area contributed by atoms with Gasteiger partial charge in [0, 0.05) is 26.3 Å². The monoisotopic (exact) mass is 269 g/mol. The van der Waals surface area contributed by atoms with E-state index in [1.165, 1.54) is 4.90 Å². The van der Waals surface area contributed by atoms with Crippen LogP contribution in [0.3, 0.4) is 0 Å². The van der Waals surface area contributed by atoms with E-state index in [-0.39, 0.29) is 17.8 Å². The maximum atomic E-state index is 11.3. The number of anilines is 1. The lowest BCUT2D eigenvalue weighted by Gasteiger charge is -2.12. The average molecular weight is 270 g/mol. The van der Waals surface area contributed by atoms with Gasteiger partial charge in [-0.2, -0.15) is 0 Å². The highest BCUT2D eigenvalue weighted by Crippen LogP contribution is 2.09. The minimum absolute atomic E-state index is 0.0688. The molecule has 3 amide bonds. The van der Waals surface area contributed by atoms with Crippen LogP contribution in [-0.4, -0.2) is 36.8 Å². The molecule has 0 aliphatic rings. The molecule has 1 aromatic rings. The van der Waals surface area contributed by atoms with Crippen LogP contribution < -0.4 is 10.6 Å². The molecule has 0 fully saturated rings. The van der Waals surface area contributed by atoms with Gasteiger partial charge in [0.05, 0.1) is 0 Å². The van der Waals surface area contributed by atoms with Gasteiger partial charge in [-0.1, -0.05) is 12.1 Å². The van der Waals surface area contributed by atoms with Crippen LogP contribution in [0.4, 0.5) is 10.5 Å². The third-order valence-electron chi connectivity index (χ3n) is 2.21. The van der Waals surface area contributed by atoms with Crippen LogP contribution in [0.15, 0.2) is 24.3 Å². The Balaban J connectivity index is 2.50. The van der Waals surface area contributed by atoms with Crippen LogP contribution in [0.5, 0.6) is 0 Å². The Morgan fingerprint density at radius 2 is 1.83 bits per heavy atom. The third kappa shape index (κ3) is 4.63. The molecule has 6 heteroatoms. The van der Waals surface area contributed by atoms with Crippen LogP contribution in [0.1, 0.15) is 5.56 Å². The van der Waals surface area contributed by atoms with Gasteiger partial charge in [0.25, 0.3) is 0 Å². The number of nitrogens with zero attached hydrogens (tertiary/aromatic N) is 1. The van der Waals surface area contributed by atoms with Crippen LogP contribution in [-0.2, 0) is 11.3 Å². The molecule has 0 bridgehead atoms. The van der Waals surface area contributed by atoms with Gasteiger partial charge < -0.3 is 15.5 Å². The summed E-state index contributed by atoms with van der Waals surface area (Å²) in [6.07, 6.45) is 0. The zero-order valence-electron chi connectivity index (χ0n) is 10.4. The highest BCUT2D eigenvalue weighted by Gasteiger charge is 2.03. The number of amides is 3. The summed E-state index contributed by atoms with van der Waals surface area (Å²) in [5, 5.41) is 5.38. The Hall–Kier alpha value is -1.75. The molecule has 0 atom stereocenters. The van der Waals surface area contributed by atoms with Gasteiger partial charge >= 0.3 is 6.03 Å². The zero-order valence-corrected chi connectivity index (χ0v) is 11.1. The van der Waals surface area contributed by atoms with Crippen molar-refractivity contribution < 1.29 is 9.59 Å². The number of rotatable bonds is 4. The van der Waals surface area contributed by atoms with E-state index in [2.05, 4.69) is 10.6 Å². The molecular weight excluding hydrogens is 254 g/mol. The molecule has 0 aromatic heterocycles. The Labute approximate surface area is 111 Å². The second-order valence-electron chi connectivity index (χ2n) is 3.93. The number of nitrogens with one attached hydrogen (secondary N) is 2. The molecule has 0 aliphatic carbocycles. The average Bonchev–Trinajstić information content (AvgIpc) is 2.37. The van der Waals surface area contributed by atoms with Crippen molar-refractivity contribution in [2.75, 3.05) is 25.3 Å². The van der Waals surface area contributed by atoms with Crippen LogP contribution in [0, 0.1) is 0 Å². The Morgan fingerprint density at radius 1 is 1.22 bits per heavy atom. The number of halogens is 1. The lowest BCUT2D eigenvalue weighted by molar-refractivity contribution is -0.113. The van der Waals surface area contributed by atoms with Crippen LogP contribution in [0.2, 0.25) is 0 Å². The maximum absolute atomic E-state index is 11.3. The van der Waals surface area contributed by atoms with Crippen molar-refractivity contribution in [3.63, 3.8) is 0 Å². The standard InChI is InChI=1S/C12H16ClN3O2/c1-16(2)12(18)14-8-9-3-5-10(6-4-9)15-11(17)7-13/h3-6H,7-8H2,1-2H3,(H,14,18)(H,15,17). The van der Waals surface area contributed by atoms with Crippen molar-refractivity contribution in [3.8, 4) is 0 Å². The van der Waals surface area contributed by atoms with E-state index in [4.69, 9.17) is 11.6 Å². The minimum Gasteiger partial charge on any atom is -0.334 e. The Morgan fingerprint density at radius 3 is 2.33 bits per heavy atom. The normalized spacial score (nSPS) is 9.72. The molecule has 98 valence electrons. The maximum Gasteiger partial charge on any atom is 0.317 e. The SMILES string of the molecule is CN(C)C(=O)NCc1ccc(NC(=O)CCl)cc1. The summed E-state index contributed by atoms with van der Waals surface area (Å²) < 4.78 is 0. The smallest absolute Gasteiger partial charge is 0.317 e. The summed E-state index contributed by atoms with van der Waals surface area (Å²) >= 11 is 5.38. The predicted molar refractivity (Wildman–Crippen MR) is 71.7 cm³/mol. The fourth-order valence-electron chi connectivity index (χ4n) is 1.24. The predicted octanol–water partition coefficient (Wildman–Crippen LogP) is 1.64. The number of alkyl halides is 1. The van der Waals surface area contributed by atoms with Crippen LogP contribution >= 0.6 is 11.6 Å². The number of hydrogen-bond donors (Lipinski definition) is 2. The Bertz CT molecular complexity index is 418. The summed E-state index contributed by atoms with van der Waals surface area (Å²) in [6.45, 7) is 0.445. The highest BCUT2D eigenvalue weighted by atomic mass is 35.5. The summed E-state index contributed by atoms with van der Waals surface area (Å²) in [5.41, 5.74) is 1.64. The molecule has 1 rings (SSSR count). The van der Waals surface area contributed by atoms with Gasteiger partial charge in [0.15, 0.2) is 0 Å². The minimum atomic E-state index is -0.245. The Kier molecular flexibility index (Phi) is 5.45. The second kappa shape index (κ2) is 6.86. The van der Waals surface area contributed by atoms with E-state index in [0.717, 1.165) is 5.56 Å². The van der Waals surface area contributed by atoms with Crippen molar-refractivity contribution in [1.82, 2.24) is 10.2 Å². The summed E-state index contributed by atoms with van der Waals surface area (Å²) in [5.74, 6) is -0.314. The van der Waals surface area contributed by atoms with Crippen molar-refractivity contribution >= 4 is 29.2 Å². The van der Waals surface area contributed by atoms with E-state index >= 15 is 0 Å². The number of carbonyl (C=O) groups excluding carboxylic acids is 2. The summed E-state index contributed by atoms with van der Waals surface area (Å²) in [7, 11) is 3.36. The largest absolute Gasteiger partial charge is 0.334 e. The van der Waals surface area contributed by atoms with Gasteiger partial charge in [0.1, 0.15) is 5.88 Å². The van der Waals surface area contributed by atoms with E-state index in [1.54, 1.807) is 26.2 Å². The summed E-state index contributed by atoms with van der Waals surface area (Å²) in [4.78, 5) is 23.8. The first-order valence-electron chi connectivity index (χ1n) is 5.43. The molecule has 0 heterocycles. The molecule has 0 saturated heterocycles. The zero-order chi connectivity index (χ0) is 13.5. The van der Waals surface area contributed by atoms with Gasteiger partial charge in [-0.25, -0.2) is 4.79 Å². The fourth-order valence-corrected chi connectivity index (χ4v) is 1.30. The number of hydrogen-bond acceptors (Lipinski definition) is 2. The molecule has 5 nitrogen and oxygen atoms in total. The molecule has 0 saturated carbocycles. The van der Waals surface area contributed by atoms with Gasteiger partial charge in [-0.15, -0.1) is 11.6 Å². The lowest BCUT2D eigenvalue weighted by Crippen LogP contribution is -2.33. The van der Waals surface area contributed by atoms with Gasteiger partial charge in [-0.05, 0) is 17.7 Å². The van der Waals surface area contributed by atoms with Crippen molar-refractivity contribution in [2.24, 2.45) is 0 Å². The van der Waals surface area contributed by atoms with Crippen LogP contribution in [0.25, 0.3) is 0 Å². The number of carbonyl (C=O) groups is 2. The molecule has 2 N–H and O–H groups in total. The molecule has 0 radical (unpaired) electrons. The number of urea groups is 1. The van der Waals surface area contributed by atoms with E-state index in [9.17, 15) is 9.59 Å². The molecule has 18 heavy (non-hydrogen) atoms. The first-order valence-corrected chi connectivity index (χ1v) is 5.96. The van der Waals surface area contributed by atoms with Crippen molar-refractivity contribution in [1.29, 1.82) is 0 Å². The van der Waals surface area contributed by atoms with Gasteiger partial charge in [-0.3, -0.25) is 4.79 Å². The van der Waals surface area contributed by atoms with Crippen molar-refractivity contribution in [3.05, 3.63) is 29.8 Å². The fraction of sp³-hybridized carbons (Fsp3) is 0.333.